The van der Waals surface area contributed by atoms with Gasteiger partial charge in [-0.25, -0.2) is 0 Å². The predicted octanol–water partition coefficient (Wildman–Crippen LogP) is 4.55. The van der Waals surface area contributed by atoms with Gasteiger partial charge in [0.2, 0.25) is 0 Å². The molecule has 4 rings (SSSR count). The number of aliphatic hydroxyl groups is 1. The fourth-order valence-electron chi connectivity index (χ4n) is 5.31. The van der Waals surface area contributed by atoms with Gasteiger partial charge in [0.1, 0.15) is 6.61 Å². The maximum absolute atomic E-state index is 12.6. The summed E-state index contributed by atoms with van der Waals surface area (Å²) in [5.41, 5.74) is 1.66. The van der Waals surface area contributed by atoms with Crippen molar-refractivity contribution < 1.29 is 24.1 Å². The van der Waals surface area contributed by atoms with Crippen LogP contribution in [-0.2, 0) is 16.1 Å². The number of hydrogen-bond acceptors (Lipinski definition) is 6. The molecular weight excluding hydrogens is 430 g/mol. The van der Waals surface area contributed by atoms with Crippen molar-refractivity contribution in [1.29, 1.82) is 0 Å². The molecule has 6 nitrogen and oxygen atoms in total. The van der Waals surface area contributed by atoms with Crippen molar-refractivity contribution in [3.8, 4) is 11.5 Å². The SMILES string of the molecule is COc1ccc(C2CN(CC(=O)OCc3ccccc3)CC2(C)C(C)O)cc1OC1CCCC1. The number of esters is 1. The fourth-order valence-corrected chi connectivity index (χ4v) is 5.31. The smallest absolute Gasteiger partial charge is 0.320 e. The molecule has 1 aliphatic heterocycles. The lowest BCUT2D eigenvalue weighted by atomic mass is 9.72. The molecule has 0 spiro atoms. The summed E-state index contributed by atoms with van der Waals surface area (Å²) >= 11 is 0. The van der Waals surface area contributed by atoms with Crippen LogP contribution in [-0.4, -0.2) is 54.9 Å². The molecule has 0 amide bonds. The van der Waals surface area contributed by atoms with Crippen molar-refractivity contribution >= 4 is 5.97 Å². The molecule has 0 radical (unpaired) electrons. The molecule has 2 aliphatic rings. The quantitative estimate of drug-likeness (QED) is 0.546. The van der Waals surface area contributed by atoms with E-state index in [0.717, 1.165) is 35.5 Å². The molecule has 0 bridgehead atoms. The third-order valence-electron chi connectivity index (χ3n) is 7.54. The molecule has 1 heterocycles. The Bertz CT molecular complexity index is 957. The molecule has 2 fully saturated rings. The normalized spacial score (nSPS) is 24.2. The van der Waals surface area contributed by atoms with Crippen LogP contribution in [0, 0.1) is 5.41 Å². The Balaban J connectivity index is 1.47. The molecule has 3 unspecified atom stereocenters. The number of hydrogen-bond donors (Lipinski definition) is 1. The number of aliphatic hydroxyl groups excluding tert-OH is 1. The van der Waals surface area contributed by atoms with Gasteiger partial charge < -0.3 is 19.3 Å². The molecule has 1 aliphatic carbocycles. The van der Waals surface area contributed by atoms with Crippen LogP contribution in [0.2, 0.25) is 0 Å². The number of likely N-dealkylation sites (tertiary alicyclic amines) is 1. The standard InChI is InChI=1S/C28H37NO5/c1-20(30)28(2)19-29(17-27(31)33-18-21-9-5-4-6-10-21)16-24(28)22-13-14-25(32-3)26(15-22)34-23-11-7-8-12-23/h4-6,9-10,13-15,20,23-24,30H,7-8,11-12,16-19H2,1-3H3. The molecule has 1 saturated heterocycles. The van der Waals surface area contributed by atoms with Gasteiger partial charge >= 0.3 is 5.97 Å². The molecule has 1 saturated carbocycles. The van der Waals surface area contributed by atoms with Crippen LogP contribution in [0.1, 0.15) is 56.6 Å². The van der Waals surface area contributed by atoms with Gasteiger partial charge in [-0.1, -0.05) is 43.3 Å². The van der Waals surface area contributed by atoms with E-state index < -0.39 is 11.5 Å². The van der Waals surface area contributed by atoms with E-state index in [1.807, 2.05) is 43.3 Å². The Morgan fingerprint density at radius 1 is 1.15 bits per heavy atom. The molecule has 1 N–H and O–H groups in total. The zero-order valence-corrected chi connectivity index (χ0v) is 20.5. The van der Waals surface area contributed by atoms with Crippen LogP contribution in [0.4, 0.5) is 0 Å². The van der Waals surface area contributed by atoms with Gasteiger partial charge in [-0.15, -0.1) is 0 Å². The average Bonchev–Trinajstić information content (AvgIpc) is 3.46. The average molecular weight is 468 g/mol. The predicted molar refractivity (Wildman–Crippen MR) is 131 cm³/mol. The van der Waals surface area contributed by atoms with Crippen LogP contribution < -0.4 is 9.47 Å². The summed E-state index contributed by atoms with van der Waals surface area (Å²) in [5.74, 6) is 1.29. The minimum Gasteiger partial charge on any atom is -0.493 e. The van der Waals surface area contributed by atoms with Crippen molar-refractivity contribution in [2.75, 3.05) is 26.7 Å². The van der Waals surface area contributed by atoms with Gasteiger partial charge in [-0.3, -0.25) is 9.69 Å². The second kappa shape index (κ2) is 10.8. The number of rotatable bonds is 9. The Kier molecular flexibility index (Phi) is 7.79. The van der Waals surface area contributed by atoms with Crippen LogP contribution in [0.5, 0.6) is 11.5 Å². The summed E-state index contributed by atoms with van der Waals surface area (Å²) in [7, 11) is 1.66. The molecule has 0 aromatic heterocycles. The van der Waals surface area contributed by atoms with Crippen LogP contribution in [0.15, 0.2) is 48.5 Å². The number of carbonyl (C=O) groups is 1. The van der Waals surface area contributed by atoms with Gasteiger partial charge in [-0.2, -0.15) is 0 Å². The van der Waals surface area contributed by atoms with Crippen molar-refractivity contribution in [1.82, 2.24) is 4.90 Å². The van der Waals surface area contributed by atoms with Crippen LogP contribution in [0.25, 0.3) is 0 Å². The lowest BCUT2D eigenvalue weighted by molar-refractivity contribution is -0.146. The van der Waals surface area contributed by atoms with E-state index >= 15 is 0 Å². The molecule has 34 heavy (non-hydrogen) atoms. The third-order valence-corrected chi connectivity index (χ3v) is 7.54. The summed E-state index contributed by atoms with van der Waals surface area (Å²) in [4.78, 5) is 14.7. The molecule has 2 aromatic rings. The molecule has 3 atom stereocenters. The largest absolute Gasteiger partial charge is 0.493 e. The first kappa shape index (κ1) is 24.6. The Morgan fingerprint density at radius 2 is 1.88 bits per heavy atom. The van der Waals surface area contributed by atoms with Gasteiger partial charge in [0.25, 0.3) is 0 Å². The first-order valence-electron chi connectivity index (χ1n) is 12.3. The zero-order chi connectivity index (χ0) is 24.1. The summed E-state index contributed by atoms with van der Waals surface area (Å²) in [6.07, 6.45) is 4.23. The Labute approximate surface area is 202 Å². The highest BCUT2D eigenvalue weighted by atomic mass is 16.5. The van der Waals surface area contributed by atoms with Gasteiger partial charge in [0.15, 0.2) is 11.5 Å². The number of ether oxygens (including phenoxy) is 3. The van der Waals surface area contributed by atoms with Crippen molar-refractivity contribution in [3.63, 3.8) is 0 Å². The summed E-state index contributed by atoms with van der Waals surface area (Å²) < 4.78 is 17.4. The monoisotopic (exact) mass is 467 g/mol. The topological polar surface area (TPSA) is 68.2 Å². The first-order chi connectivity index (χ1) is 16.4. The van der Waals surface area contributed by atoms with E-state index in [1.54, 1.807) is 7.11 Å². The summed E-state index contributed by atoms with van der Waals surface area (Å²) in [6, 6.07) is 15.8. The van der Waals surface area contributed by atoms with Gasteiger partial charge in [0.05, 0.1) is 25.9 Å². The third kappa shape index (κ3) is 5.56. The number of carbonyl (C=O) groups excluding carboxylic acids is 1. The molecule has 184 valence electrons. The lowest BCUT2D eigenvalue weighted by Gasteiger charge is -2.34. The van der Waals surface area contributed by atoms with Crippen LogP contribution >= 0.6 is 0 Å². The first-order valence-corrected chi connectivity index (χ1v) is 12.3. The van der Waals surface area contributed by atoms with E-state index in [0.29, 0.717) is 13.1 Å². The molecule has 6 heteroatoms. The van der Waals surface area contributed by atoms with Crippen molar-refractivity contribution in [3.05, 3.63) is 59.7 Å². The highest BCUT2D eigenvalue weighted by Gasteiger charge is 2.47. The maximum Gasteiger partial charge on any atom is 0.320 e. The highest BCUT2D eigenvalue weighted by Crippen LogP contribution is 2.47. The van der Waals surface area contributed by atoms with E-state index in [9.17, 15) is 9.90 Å². The zero-order valence-electron chi connectivity index (χ0n) is 20.5. The van der Waals surface area contributed by atoms with Crippen LogP contribution in [0.3, 0.4) is 0 Å². The van der Waals surface area contributed by atoms with Gasteiger partial charge in [0, 0.05) is 24.4 Å². The Hall–Kier alpha value is -2.57. The van der Waals surface area contributed by atoms with E-state index in [1.165, 1.54) is 12.8 Å². The number of nitrogens with zero attached hydrogens (tertiary/aromatic N) is 1. The number of methoxy groups -OCH3 is 1. The van der Waals surface area contributed by atoms with E-state index in [4.69, 9.17) is 14.2 Å². The van der Waals surface area contributed by atoms with E-state index in [2.05, 4.69) is 24.0 Å². The van der Waals surface area contributed by atoms with Crippen molar-refractivity contribution in [2.45, 2.75) is 64.3 Å². The molecule has 2 aromatic carbocycles. The molecular formula is C28H37NO5. The maximum atomic E-state index is 12.6. The summed E-state index contributed by atoms with van der Waals surface area (Å²) in [6.45, 7) is 5.68. The van der Waals surface area contributed by atoms with E-state index in [-0.39, 0.29) is 31.1 Å². The summed E-state index contributed by atoms with van der Waals surface area (Å²) in [5, 5.41) is 10.7. The minimum atomic E-state index is -0.538. The van der Waals surface area contributed by atoms with Crippen molar-refractivity contribution in [2.24, 2.45) is 5.41 Å². The second-order valence-electron chi connectivity index (χ2n) is 9.98. The second-order valence-corrected chi connectivity index (χ2v) is 9.98. The Morgan fingerprint density at radius 3 is 2.56 bits per heavy atom. The minimum absolute atomic E-state index is 0.0475. The number of benzene rings is 2. The highest BCUT2D eigenvalue weighted by molar-refractivity contribution is 5.71. The fraction of sp³-hybridized carbons (Fsp3) is 0.536. The lowest BCUT2D eigenvalue weighted by Crippen LogP contribution is -2.38. The van der Waals surface area contributed by atoms with Gasteiger partial charge in [-0.05, 0) is 55.9 Å².